The first-order chi connectivity index (χ1) is 8.70. The third kappa shape index (κ3) is 2.92. The van der Waals surface area contributed by atoms with Crippen molar-refractivity contribution in [3.8, 4) is 11.8 Å². The summed E-state index contributed by atoms with van der Waals surface area (Å²) in [6.07, 6.45) is 0. The van der Waals surface area contributed by atoms with E-state index in [-0.39, 0.29) is 0 Å². The molecule has 2 heteroatoms. The van der Waals surface area contributed by atoms with Crippen LogP contribution in [0.3, 0.4) is 0 Å². The number of aryl methyl sites for hydroxylation is 1. The fourth-order valence-corrected chi connectivity index (χ4v) is 2.11. The molecule has 2 aromatic rings. The van der Waals surface area contributed by atoms with E-state index >= 15 is 0 Å². The molecule has 0 heterocycles. The summed E-state index contributed by atoms with van der Waals surface area (Å²) in [7, 11) is 2.75. The zero-order valence-corrected chi connectivity index (χ0v) is 11.8. The zero-order valence-electron chi connectivity index (χ0n) is 10.6. The summed E-state index contributed by atoms with van der Waals surface area (Å²) in [5.74, 6) is 5.95. The van der Waals surface area contributed by atoms with Crippen LogP contribution in [0.1, 0.15) is 18.1 Å². The Morgan fingerprint density at radius 3 is 2.33 bits per heavy atom. The highest BCUT2D eigenvalue weighted by Gasteiger charge is 2.03. The van der Waals surface area contributed by atoms with E-state index in [2.05, 4.69) is 69.2 Å². The van der Waals surface area contributed by atoms with Crippen molar-refractivity contribution in [2.75, 3.05) is 4.67 Å². The molecule has 1 nitrogen and oxygen atoms in total. The molecule has 90 valence electrons. The Morgan fingerprint density at radius 1 is 1.00 bits per heavy atom. The summed E-state index contributed by atoms with van der Waals surface area (Å²) in [5, 5.41) is 0. The maximum absolute atomic E-state index is 3.05. The fraction of sp³-hybridized carbons (Fsp3) is 0.125. The van der Waals surface area contributed by atoms with Crippen LogP contribution < -0.4 is 4.67 Å². The first-order valence-corrected chi connectivity index (χ1v) is 6.36. The van der Waals surface area contributed by atoms with E-state index in [0.29, 0.717) is 0 Å². The summed E-state index contributed by atoms with van der Waals surface area (Å²) >= 11 is 0. The molecular weight excluding hydrogens is 237 g/mol. The van der Waals surface area contributed by atoms with Gasteiger partial charge in [0.15, 0.2) is 0 Å². The van der Waals surface area contributed by atoms with Gasteiger partial charge in [-0.3, -0.25) is 0 Å². The standard InChI is InChI=1S/C16H16NP/c1-3-5-14-8-10-15(11-9-14)17(18)16-7-4-6-13(2)12-16/h4,6-12H,18H2,1-2H3. The fourth-order valence-electron chi connectivity index (χ4n) is 1.78. The first kappa shape index (κ1) is 12.7. The van der Waals surface area contributed by atoms with Crippen molar-refractivity contribution < 1.29 is 0 Å². The van der Waals surface area contributed by atoms with Crippen LogP contribution in [0.15, 0.2) is 48.5 Å². The van der Waals surface area contributed by atoms with Crippen LogP contribution in [0.2, 0.25) is 0 Å². The van der Waals surface area contributed by atoms with Crippen molar-refractivity contribution in [2.24, 2.45) is 0 Å². The van der Waals surface area contributed by atoms with Gasteiger partial charge in [0.1, 0.15) is 0 Å². The highest BCUT2D eigenvalue weighted by molar-refractivity contribution is 7.19. The number of hydrogen-bond acceptors (Lipinski definition) is 1. The highest BCUT2D eigenvalue weighted by Crippen LogP contribution is 2.29. The van der Waals surface area contributed by atoms with Gasteiger partial charge < -0.3 is 4.67 Å². The SMILES string of the molecule is CC#Cc1ccc(N(P)c2cccc(C)c2)cc1. The van der Waals surface area contributed by atoms with Gasteiger partial charge in [0, 0.05) is 16.9 Å². The Labute approximate surface area is 111 Å². The Morgan fingerprint density at radius 2 is 1.72 bits per heavy atom. The zero-order chi connectivity index (χ0) is 13.0. The normalized spacial score (nSPS) is 9.50. The molecular formula is C16H16NP. The largest absolute Gasteiger partial charge is 0.326 e. The third-order valence-electron chi connectivity index (χ3n) is 2.69. The van der Waals surface area contributed by atoms with Crippen molar-refractivity contribution in [1.82, 2.24) is 0 Å². The summed E-state index contributed by atoms with van der Waals surface area (Å²) in [4.78, 5) is 0. The molecule has 0 saturated heterocycles. The molecule has 0 N–H and O–H groups in total. The van der Waals surface area contributed by atoms with Gasteiger partial charge in [0.2, 0.25) is 0 Å². The monoisotopic (exact) mass is 253 g/mol. The molecule has 1 unspecified atom stereocenters. The van der Waals surface area contributed by atoms with E-state index < -0.39 is 0 Å². The smallest absolute Gasteiger partial charge is 0.0444 e. The molecule has 0 amide bonds. The van der Waals surface area contributed by atoms with Crippen LogP contribution in [0.4, 0.5) is 11.4 Å². The molecule has 0 fully saturated rings. The second-order valence-electron chi connectivity index (χ2n) is 4.13. The minimum Gasteiger partial charge on any atom is -0.326 e. The first-order valence-electron chi connectivity index (χ1n) is 5.85. The van der Waals surface area contributed by atoms with Crippen molar-refractivity contribution in [3.63, 3.8) is 0 Å². The molecule has 0 aliphatic carbocycles. The summed E-state index contributed by atoms with van der Waals surface area (Å²) < 4.78 is 2.09. The van der Waals surface area contributed by atoms with Gasteiger partial charge in [-0.25, -0.2) is 0 Å². The van der Waals surface area contributed by atoms with E-state index in [1.807, 2.05) is 19.1 Å². The molecule has 0 aromatic heterocycles. The number of hydrogen-bond donors (Lipinski definition) is 0. The highest BCUT2D eigenvalue weighted by atomic mass is 31.0. The quantitative estimate of drug-likeness (QED) is 0.570. The maximum Gasteiger partial charge on any atom is 0.0444 e. The Balaban J connectivity index is 2.27. The lowest BCUT2D eigenvalue weighted by atomic mass is 10.2. The minimum atomic E-state index is 1.05. The molecule has 18 heavy (non-hydrogen) atoms. The minimum absolute atomic E-state index is 1.05. The second kappa shape index (κ2) is 5.71. The third-order valence-corrected chi connectivity index (χ3v) is 3.29. The molecule has 0 radical (unpaired) electrons. The van der Waals surface area contributed by atoms with E-state index in [1.54, 1.807) is 0 Å². The van der Waals surface area contributed by atoms with Crippen molar-refractivity contribution >= 4 is 20.8 Å². The Bertz CT molecular complexity index is 590. The lowest BCUT2D eigenvalue weighted by Gasteiger charge is -2.19. The summed E-state index contributed by atoms with van der Waals surface area (Å²) in [5.41, 5.74) is 4.60. The van der Waals surface area contributed by atoms with Gasteiger partial charge in [-0.05, 0) is 65.2 Å². The van der Waals surface area contributed by atoms with Crippen LogP contribution >= 0.6 is 9.39 Å². The molecule has 2 aromatic carbocycles. The van der Waals surface area contributed by atoms with E-state index in [9.17, 15) is 0 Å². The van der Waals surface area contributed by atoms with Gasteiger partial charge in [-0.1, -0.05) is 18.1 Å². The van der Waals surface area contributed by atoms with Crippen LogP contribution in [-0.2, 0) is 0 Å². The van der Waals surface area contributed by atoms with E-state index in [0.717, 1.165) is 16.9 Å². The molecule has 0 aliphatic heterocycles. The topological polar surface area (TPSA) is 3.24 Å². The van der Waals surface area contributed by atoms with E-state index in [4.69, 9.17) is 0 Å². The lowest BCUT2D eigenvalue weighted by molar-refractivity contribution is 1.39. The Hall–Kier alpha value is -1.77. The summed E-state index contributed by atoms with van der Waals surface area (Å²) in [6, 6.07) is 16.7. The van der Waals surface area contributed by atoms with Crippen molar-refractivity contribution in [2.45, 2.75) is 13.8 Å². The predicted octanol–water partition coefficient (Wildman–Crippen LogP) is 4.29. The van der Waals surface area contributed by atoms with Crippen molar-refractivity contribution in [3.05, 3.63) is 59.7 Å². The lowest BCUT2D eigenvalue weighted by Crippen LogP contribution is -2.00. The molecule has 2 rings (SSSR count). The van der Waals surface area contributed by atoms with Crippen LogP contribution in [-0.4, -0.2) is 0 Å². The number of nitrogens with zero attached hydrogens (tertiary/aromatic N) is 1. The molecule has 1 atom stereocenters. The van der Waals surface area contributed by atoms with Crippen LogP contribution in [0.5, 0.6) is 0 Å². The number of rotatable bonds is 2. The molecule has 0 spiro atoms. The Kier molecular flexibility index (Phi) is 4.03. The van der Waals surface area contributed by atoms with Gasteiger partial charge in [-0.2, -0.15) is 0 Å². The van der Waals surface area contributed by atoms with Gasteiger partial charge in [-0.15, -0.1) is 5.92 Å². The maximum atomic E-state index is 3.05. The van der Waals surface area contributed by atoms with Gasteiger partial charge in [0.25, 0.3) is 0 Å². The van der Waals surface area contributed by atoms with Crippen molar-refractivity contribution in [1.29, 1.82) is 0 Å². The number of anilines is 2. The molecule has 0 saturated carbocycles. The van der Waals surface area contributed by atoms with E-state index in [1.165, 1.54) is 5.56 Å². The molecule has 0 bridgehead atoms. The average molecular weight is 253 g/mol. The predicted molar refractivity (Wildman–Crippen MR) is 82.0 cm³/mol. The van der Waals surface area contributed by atoms with Crippen LogP contribution in [0.25, 0.3) is 0 Å². The average Bonchev–Trinajstić information content (AvgIpc) is 2.39. The summed E-state index contributed by atoms with van der Waals surface area (Å²) in [6.45, 7) is 3.95. The second-order valence-corrected chi connectivity index (χ2v) is 4.65. The molecule has 0 aliphatic rings. The van der Waals surface area contributed by atoms with Gasteiger partial charge >= 0.3 is 0 Å². The van der Waals surface area contributed by atoms with Crippen LogP contribution in [0, 0.1) is 18.8 Å². The van der Waals surface area contributed by atoms with Gasteiger partial charge in [0.05, 0.1) is 0 Å². The number of benzene rings is 2.